The number of halogens is 1. The Balaban J connectivity index is 1.92. The maximum Gasteiger partial charge on any atom is 0.268 e. The first-order valence-corrected chi connectivity index (χ1v) is 11.0. The van der Waals surface area contributed by atoms with Gasteiger partial charge in [-0.1, -0.05) is 38.3 Å². The second-order valence-corrected chi connectivity index (χ2v) is 9.63. The first kappa shape index (κ1) is 20.9. The van der Waals surface area contributed by atoms with E-state index in [1.807, 2.05) is 13.8 Å². The summed E-state index contributed by atoms with van der Waals surface area (Å²) in [4.78, 5) is 42.0. The fraction of sp³-hybridized carbons (Fsp3) is 0.458. The molecule has 1 aliphatic heterocycles. The topological polar surface area (TPSA) is 59.4 Å². The van der Waals surface area contributed by atoms with Crippen LogP contribution in [0.2, 0.25) is 5.02 Å². The van der Waals surface area contributed by atoms with Crippen molar-refractivity contribution >= 4 is 23.3 Å². The van der Waals surface area contributed by atoms with Crippen molar-refractivity contribution < 1.29 is 9.59 Å². The molecule has 1 fully saturated rings. The highest BCUT2D eigenvalue weighted by atomic mass is 35.5. The number of nitrogens with zero attached hydrogens (tertiary/aromatic N) is 2. The van der Waals surface area contributed by atoms with Crippen LogP contribution in [0.3, 0.4) is 0 Å². The zero-order valence-electron chi connectivity index (χ0n) is 17.5. The quantitative estimate of drug-likeness (QED) is 0.701. The molecule has 1 aliphatic carbocycles. The summed E-state index contributed by atoms with van der Waals surface area (Å²) in [7, 11) is 0. The van der Waals surface area contributed by atoms with E-state index in [1.54, 1.807) is 35.4 Å². The van der Waals surface area contributed by atoms with Gasteiger partial charge in [0.15, 0.2) is 5.78 Å². The van der Waals surface area contributed by atoms with Crippen molar-refractivity contribution in [2.75, 3.05) is 13.1 Å². The number of carbonyl (C=O) groups excluding carboxylic acids is 2. The van der Waals surface area contributed by atoms with Crippen molar-refractivity contribution in [1.82, 2.24) is 9.47 Å². The van der Waals surface area contributed by atoms with E-state index in [4.69, 9.17) is 11.6 Å². The Morgan fingerprint density at radius 1 is 0.967 bits per heavy atom. The van der Waals surface area contributed by atoms with Gasteiger partial charge in [-0.15, -0.1) is 0 Å². The molecule has 0 radical (unpaired) electrons. The Morgan fingerprint density at radius 3 is 2.23 bits per heavy atom. The number of aromatic nitrogens is 1. The number of benzene rings is 1. The number of Topliss-reactive ketones (excluding diaryl/α,β-unsaturated/α-hetero) is 1. The molecule has 1 aromatic carbocycles. The second-order valence-electron chi connectivity index (χ2n) is 9.20. The molecule has 5 nitrogen and oxygen atoms in total. The van der Waals surface area contributed by atoms with Crippen molar-refractivity contribution in [1.29, 1.82) is 0 Å². The lowest BCUT2D eigenvalue weighted by Crippen LogP contribution is -2.41. The minimum absolute atomic E-state index is 0.0196. The van der Waals surface area contributed by atoms with Crippen molar-refractivity contribution in [2.45, 2.75) is 52.4 Å². The summed E-state index contributed by atoms with van der Waals surface area (Å²) < 4.78 is 1.43. The molecule has 1 amide bonds. The highest BCUT2D eigenvalue weighted by Gasteiger charge is 2.37. The fourth-order valence-electron chi connectivity index (χ4n) is 4.59. The molecular weight excluding hydrogens is 400 g/mol. The molecule has 2 aromatic rings. The second kappa shape index (κ2) is 8.03. The van der Waals surface area contributed by atoms with Crippen molar-refractivity contribution in [3.8, 4) is 5.69 Å². The smallest absolute Gasteiger partial charge is 0.268 e. The fourth-order valence-corrected chi connectivity index (χ4v) is 4.72. The number of hydrogen-bond acceptors (Lipinski definition) is 3. The lowest BCUT2D eigenvalue weighted by Gasteiger charge is -2.32. The van der Waals surface area contributed by atoms with Crippen LogP contribution < -0.4 is 5.56 Å². The Hall–Kier alpha value is -2.40. The number of fused-ring (bicyclic) bond motifs is 1. The van der Waals surface area contributed by atoms with E-state index in [0.29, 0.717) is 47.8 Å². The van der Waals surface area contributed by atoms with Gasteiger partial charge in [-0.25, -0.2) is 0 Å². The third-order valence-electron chi connectivity index (χ3n) is 6.12. The first-order chi connectivity index (χ1) is 14.3. The van der Waals surface area contributed by atoms with Gasteiger partial charge in [0.2, 0.25) is 0 Å². The molecule has 6 heteroatoms. The minimum atomic E-state index is -0.365. The number of pyridine rings is 1. The summed E-state index contributed by atoms with van der Waals surface area (Å²) in [5.41, 5.74) is 1.20. The number of carbonyl (C=O) groups is 2. The van der Waals surface area contributed by atoms with Crippen LogP contribution in [0.15, 0.2) is 35.3 Å². The number of ketones is 1. The largest absolute Gasteiger partial charge is 0.338 e. The van der Waals surface area contributed by atoms with Crippen molar-refractivity contribution in [3.05, 3.63) is 62.5 Å². The Bertz CT molecular complexity index is 1050. The van der Waals surface area contributed by atoms with Gasteiger partial charge < -0.3 is 4.90 Å². The molecule has 2 heterocycles. The van der Waals surface area contributed by atoms with Gasteiger partial charge in [0.1, 0.15) is 5.56 Å². The predicted octanol–water partition coefficient (Wildman–Crippen LogP) is 4.66. The van der Waals surface area contributed by atoms with E-state index in [-0.39, 0.29) is 28.2 Å². The SMILES string of the molecule is CC1(C)CC(=O)c2cn(-c3ccc(Cl)cc3)c(=O)c(C(=O)N3CCCCCC3)c2C1. The van der Waals surface area contributed by atoms with E-state index in [0.717, 1.165) is 25.7 Å². The normalized spacial score (nSPS) is 18.6. The molecule has 158 valence electrons. The van der Waals surface area contributed by atoms with E-state index >= 15 is 0 Å². The Morgan fingerprint density at radius 2 is 1.60 bits per heavy atom. The van der Waals surface area contributed by atoms with Gasteiger partial charge in [-0.3, -0.25) is 19.0 Å². The highest BCUT2D eigenvalue weighted by Crippen LogP contribution is 2.36. The average Bonchev–Trinajstić information content (AvgIpc) is 2.97. The first-order valence-electron chi connectivity index (χ1n) is 10.6. The van der Waals surface area contributed by atoms with Crippen LogP contribution in [-0.4, -0.2) is 34.2 Å². The number of hydrogen-bond donors (Lipinski definition) is 0. The molecule has 0 N–H and O–H groups in total. The third-order valence-corrected chi connectivity index (χ3v) is 6.38. The maximum atomic E-state index is 13.6. The van der Waals surface area contributed by atoms with E-state index < -0.39 is 0 Å². The van der Waals surface area contributed by atoms with E-state index in [9.17, 15) is 14.4 Å². The summed E-state index contributed by atoms with van der Waals surface area (Å²) in [6.07, 6.45) is 6.62. The molecule has 0 bridgehead atoms. The van der Waals surface area contributed by atoms with Crippen LogP contribution in [-0.2, 0) is 6.42 Å². The molecule has 0 unspecified atom stereocenters. The number of amides is 1. The highest BCUT2D eigenvalue weighted by molar-refractivity contribution is 6.30. The van der Waals surface area contributed by atoms with Gasteiger partial charge in [-0.2, -0.15) is 0 Å². The van der Waals surface area contributed by atoms with Gasteiger partial charge in [0.25, 0.3) is 11.5 Å². The van der Waals surface area contributed by atoms with Crippen LogP contribution >= 0.6 is 11.6 Å². The van der Waals surface area contributed by atoms with Gasteiger partial charge in [0.05, 0.1) is 0 Å². The third kappa shape index (κ3) is 3.95. The standard InChI is InChI=1S/C24H27ClN2O3/c1-24(2)13-18-19(20(28)14-24)15-27(17-9-7-16(25)8-10-17)23(30)21(18)22(29)26-11-5-3-4-6-12-26/h7-10,15H,3-6,11-14H2,1-2H3. The monoisotopic (exact) mass is 426 g/mol. The Labute approximate surface area is 181 Å². The summed E-state index contributed by atoms with van der Waals surface area (Å²) in [5.74, 6) is -0.263. The van der Waals surface area contributed by atoms with Crippen LogP contribution in [0.4, 0.5) is 0 Å². The lowest BCUT2D eigenvalue weighted by molar-refractivity contribution is 0.0757. The lowest BCUT2D eigenvalue weighted by atomic mass is 9.73. The van der Waals surface area contributed by atoms with Gasteiger partial charge in [-0.05, 0) is 54.5 Å². The van der Waals surface area contributed by atoms with Crippen LogP contribution in [0.1, 0.15) is 72.2 Å². The zero-order chi connectivity index (χ0) is 21.5. The molecule has 4 rings (SSSR count). The van der Waals surface area contributed by atoms with Crippen LogP contribution in [0.5, 0.6) is 0 Å². The molecular formula is C24H27ClN2O3. The number of rotatable bonds is 2. The summed E-state index contributed by atoms with van der Waals surface area (Å²) in [6.45, 7) is 5.33. The molecule has 1 saturated heterocycles. The summed E-state index contributed by atoms with van der Waals surface area (Å²) >= 11 is 6.01. The van der Waals surface area contributed by atoms with Crippen molar-refractivity contribution in [2.24, 2.45) is 5.41 Å². The van der Waals surface area contributed by atoms with Crippen molar-refractivity contribution in [3.63, 3.8) is 0 Å². The van der Waals surface area contributed by atoms with E-state index in [1.165, 1.54) is 4.57 Å². The van der Waals surface area contributed by atoms with Crippen LogP contribution in [0.25, 0.3) is 5.69 Å². The summed E-state index contributed by atoms with van der Waals surface area (Å²) in [6, 6.07) is 6.86. The number of likely N-dealkylation sites (tertiary alicyclic amines) is 1. The maximum absolute atomic E-state index is 13.6. The van der Waals surface area contributed by atoms with Gasteiger partial charge in [0, 0.05) is 42.0 Å². The Kier molecular flexibility index (Phi) is 5.58. The molecule has 0 saturated carbocycles. The molecule has 1 aromatic heterocycles. The van der Waals surface area contributed by atoms with Gasteiger partial charge >= 0.3 is 0 Å². The molecule has 0 spiro atoms. The van der Waals surface area contributed by atoms with Crippen LogP contribution in [0, 0.1) is 5.41 Å². The predicted molar refractivity (Wildman–Crippen MR) is 118 cm³/mol. The average molecular weight is 427 g/mol. The molecule has 0 atom stereocenters. The van der Waals surface area contributed by atoms with E-state index in [2.05, 4.69) is 0 Å². The zero-order valence-corrected chi connectivity index (χ0v) is 18.3. The molecule has 30 heavy (non-hydrogen) atoms. The molecule has 2 aliphatic rings. The minimum Gasteiger partial charge on any atom is -0.338 e. The summed E-state index contributed by atoms with van der Waals surface area (Å²) in [5, 5.41) is 0.559.